The van der Waals surface area contributed by atoms with E-state index in [1.54, 1.807) is 32.4 Å². The van der Waals surface area contributed by atoms with Gasteiger partial charge in [0.05, 0.1) is 20.0 Å². The summed E-state index contributed by atoms with van der Waals surface area (Å²) in [7, 11) is 3.16. The van der Waals surface area contributed by atoms with Gasteiger partial charge in [0, 0.05) is 36.1 Å². The lowest BCUT2D eigenvalue weighted by Crippen LogP contribution is -2.23. The second kappa shape index (κ2) is 11.1. The summed E-state index contributed by atoms with van der Waals surface area (Å²) in [6.07, 6.45) is 5.08. The highest BCUT2D eigenvalue weighted by atomic mass is 32.2. The highest BCUT2D eigenvalue weighted by Crippen LogP contribution is 2.30. The minimum atomic E-state index is -0.134. The van der Waals surface area contributed by atoms with E-state index in [1.807, 2.05) is 12.1 Å². The normalized spacial score (nSPS) is 13.9. The van der Waals surface area contributed by atoms with Crippen molar-refractivity contribution in [3.63, 3.8) is 0 Å². The molecule has 8 nitrogen and oxygen atoms in total. The van der Waals surface area contributed by atoms with Gasteiger partial charge in [-0.05, 0) is 49.2 Å². The molecular formula is C24H28N4O4S. The van der Waals surface area contributed by atoms with Crippen molar-refractivity contribution in [2.45, 2.75) is 30.9 Å². The Bertz CT molecular complexity index is 1040. The van der Waals surface area contributed by atoms with Gasteiger partial charge in [0.15, 0.2) is 0 Å². The van der Waals surface area contributed by atoms with E-state index in [9.17, 15) is 4.79 Å². The van der Waals surface area contributed by atoms with Crippen molar-refractivity contribution in [2.24, 2.45) is 0 Å². The van der Waals surface area contributed by atoms with E-state index in [4.69, 9.17) is 13.9 Å². The van der Waals surface area contributed by atoms with E-state index in [-0.39, 0.29) is 11.7 Å². The van der Waals surface area contributed by atoms with E-state index in [0.29, 0.717) is 28.2 Å². The molecule has 2 heterocycles. The van der Waals surface area contributed by atoms with E-state index >= 15 is 0 Å². The second-order valence-electron chi connectivity index (χ2n) is 7.76. The first-order chi connectivity index (χ1) is 16.1. The van der Waals surface area contributed by atoms with Crippen LogP contribution >= 0.6 is 11.8 Å². The standard InChI is InChI=1S/C24H28N4O4S/c1-30-20-13-17(14-21(15-20)31-2)23-26-27-24(32-23)33-16-22(29)25-18-7-9-19(10-8-18)28-11-5-3-4-6-12-28/h7-10,13-15H,3-6,11-12,16H2,1-2H3,(H,25,29). The van der Waals surface area contributed by atoms with Gasteiger partial charge in [-0.25, -0.2) is 0 Å². The van der Waals surface area contributed by atoms with Crippen molar-refractivity contribution in [1.82, 2.24) is 10.2 Å². The number of carbonyl (C=O) groups excluding carboxylic acids is 1. The first-order valence-electron chi connectivity index (χ1n) is 11.0. The number of rotatable bonds is 8. The fourth-order valence-electron chi connectivity index (χ4n) is 3.72. The second-order valence-corrected chi connectivity index (χ2v) is 8.69. The van der Waals surface area contributed by atoms with Gasteiger partial charge in [0.1, 0.15) is 11.5 Å². The van der Waals surface area contributed by atoms with Gasteiger partial charge in [0.2, 0.25) is 11.8 Å². The number of carbonyl (C=O) groups is 1. The molecule has 0 saturated carbocycles. The van der Waals surface area contributed by atoms with Crippen molar-refractivity contribution in [3.8, 4) is 23.0 Å². The first kappa shape index (κ1) is 23.0. The molecule has 1 saturated heterocycles. The van der Waals surface area contributed by atoms with E-state index in [1.165, 1.54) is 43.1 Å². The van der Waals surface area contributed by atoms with Gasteiger partial charge in [0.25, 0.3) is 5.22 Å². The summed E-state index contributed by atoms with van der Waals surface area (Å²) in [6.45, 7) is 2.19. The van der Waals surface area contributed by atoms with Crippen LogP contribution in [0.2, 0.25) is 0 Å². The Morgan fingerprint density at radius 1 is 1.00 bits per heavy atom. The van der Waals surface area contributed by atoms with Crippen LogP contribution in [0, 0.1) is 0 Å². The molecule has 4 rings (SSSR count). The van der Waals surface area contributed by atoms with Crippen LogP contribution in [0.1, 0.15) is 25.7 Å². The highest BCUT2D eigenvalue weighted by Gasteiger charge is 2.14. The predicted octanol–water partition coefficient (Wildman–Crippen LogP) is 4.87. The van der Waals surface area contributed by atoms with Crippen LogP contribution < -0.4 is 19.7 Å². The number of methoxy groups -OCH3 is 2. The molecule has 0 atom stereocenters. The molecular weight excluding hydrogens is 440 g/mol. The van der Waals surface area contributed by atoms with Gasteiger partial charge in [-0.15, -0.1) is 10.2 Å². The van der Waals surface area contributed by atoms with E-state index in [2.05, 4.69) is 32.5 Å². The Morgan fingerprint density at radius 3 is 2.30 bits per heavy atom. The van der Waals surface area contributed by atoms with Crippen molar-refractivity contribution in [3.05, 3.63) is 42.5 Å². The van der Waals surface area contributed by atoms with Gasteiger partial charge >= 0.3 is 0 Å². The summed E-state index contributed by atoms with van der Waals surface area (Å²) >= 11 is 1.19. The number of aromatic nitrogens is 2. The molecule has 33 heavy (non-hydrogen) atoms. The summed E-state index contributed by atoms with van der Waals surface area (Å²) in [5.41, 5.74) is 2.66. The lowest BCUT2D eigenvalue weighted by Gasteiger charge is -2.22. The minimum absolute atomic E-state index is 0.134. The quantitative estimate of drug-likeness (QED) is 0.469. The maximum absolute atomic E-state index is 12.4. The van der Waals surface area contributed by atoms with E-state index in [0.717, 1.165) is 18.8 Å². The maximum atomic E-state index is 12.4. The maximum Gasteiger partial charge on any atom is 0.277 e. The monoisotopic (exact) mass is 468 g/mol. The number of thioether (sulfide) groups is 1. The number of hydrogen-bond acceptors (Lipinski definition) is 8. The van der Waals surface area contributed by atoms with Crippen molar-refractivity contribution >= 4 is 29.0 Å². The Hall–Kier alpha value is -3.20. The van der Waals surface area contributed by atoms with Crippen LogP contribution in [0.5, 0.6) is 11.5 Å². The molecule has 1 aromatic heterocycles. The van der Waals surface area contributed by atoms with Crippen molar-refractivity contribution in [2.75, 3.05) is 43.3 Å². The Balaban J connectivity index is 1.31. The number of hydrogen-bond donors (Lipinski definition) is 1. The Labute approximate surface area is 197 Å². The van der Waals surface area contributed by atoms with Gasteiger partial charge in [-0.1, -0.05) is 24.6 Å². The molecule has 0 spiro atoms. The van der Waals surface area contributed by atoms with Crippen LogP contribution in [0.25, 0.3) is 11.5 Å². The number of nitrogens with one attached hydrogen (secondary N) is 1. The molecule has 1 aliphatic heterocycles. The Morgan fingerprint density at radius 2 is 1.67 bits per heavy atom. The number of nitrogens with zero attached hydrogens (tertiary/aromatic N) is 3. The molecule has 0 bridgehead atoms. The van der Waals surface area contributed by atoms with Crippen LogP contribution in [0.3, 0.4) is 0 Å². The zero-order valence-electron chi connectivity index (χ0n) is 18.9. The molecule has 9 heteroatoms. The van der Waals surface area contributed by atoms with Gasteiger partial charge in [-0.3, -0.25) is 4.79 Å². The first-order valence-corrected chi connectivity index (χ1v) is 12.0. The average Bonchev–Trinajstić information content (AvgIpc) is 3.16. The summed E-state index contributed by atoms with van der Waals surface area (Å²) in [5, 5.41) is 11.3. The molecule has 1 amide bonds. The van der Waals surface area contributed by atoms with Crippen LogP contribution in [0.15, 0.2) is 52.1 Å². The molecule has 1 fully saturated rings. The third-order valence-corrected chi connectivity index (χ3v) is 6.27. The third-order valence-electron chi connectivity index (χ3n) is 5.45. The fraction of sp³-hybridized carbons (Fsp3) is 0.375. The minimum Gasteiger partial charge on any atom is -0.497 e. The van der Waals surface area contributed by atoms with E-state index < -0.39 is 0 Å². The number of benzene rings is 2. The number of anilines is 2. The molecule has 3 aromatic rings. The highest BCUT2D eigenvalue weighted by molar-refractivity contribution is 7.99. The van der Waals surface area contributed by atoms with Crippen LogP contribution in [0.4, 0.5) is 11.4 Å². The average molecular weight is 469 g/mol. The Kier molecular flexibility index (Phi) is 7.72. The zero-order valence-corrected chi connectivity index (χ0v) is 19.7. The number of amides is 1. The zero-order chi connectivity index (χ0) is 23.0. The van der Waals surface area contributed by atoms with Gasteiger partial charge in [-0.2, -0.15) is 0 Å². The summed E-state index contributed by atoms with van der Waals surface area (Å²) < 4.78 is 16.3. The smallest absolute Gasteiger partial charge is 0.277 e. The number of ether oxygens (including phenoxy) is 2. The SMILES string of the molecule is COc1cc(OC)cc(-c2nnc(SCC(=O)Nc3ccc(N4CCCCCC4)cc3)o2)c1. The largest absolute Gasteiger partial charge is 0.497 e. The van der Waals surface area contributed by atoms with Crippen LogP contribution in [-0.4, -0.2) is 49.2 Å². The van der Waals surface area contributed by atoms with Crippen molar-refractivity contribution in [1.29, 1.82) is 0 Å². The lowest BCUT2D eigenvalue weighted by atomic mass is 10.2. The lowest BCUT2D eigenvalue weighted by molar-refractivity contribution is -0.113. The summed E-state index contributed by atoms with van der Waals surface area (Å²) in [6, 6.07) is 13.4. The molecule has 0 aliphatic carbocycles. The summed E-state index contributed by atoms with van der Waals surface area (Å²) in [5.74, 6) is 1.61. The topological polar surface area (TPSA) is 89.7 Å². The summed E-state index contributed by atoms with van der Waals surface area (Å²) in [4.78, 5) is 14.8. The molecule has 1 aliphatic rings. The third kappa shape index (κ3) is 6.19. The fourth-order valence-corrected chi connectivity index (χ4v) is 4.29. The molecule has 0 unspecified atom stereocenters. The predicted molar refractivity (Wildman–Crippen MR) is 129 cm³/mol. The molecule has 1 N–H and O–H groups in total. The van der Waals surface area contributed by atoms with Crippen molar-refractivity contribution < 1.29 is 18.7 Å². The van der Waals surface area contributed by atoms with Crippen LogP contribution in [-0.2, 0) is 4.79 Å². The molecule has 174 valence electrons. The molecule has 0 radical (unpaired) electrons. The van der Waals surface area contributed by atoms with Gasteiger partial charge < -0.3 is 24.1 Å². The molecule has 2 aromatic carbocycles.